The summed E-state index contributed by atoms with van der Waals surface area (Å²) < 4.78 is 42.3. The van der Waals surface area contributed by atoms with Crippen molar-refractivity contribution in [1.29, 1.82) is 0 Å². The fourth-order valence-corrected chi connectivity index (χ4v) is 5.45. The molecule has 2 aromatic rings. The van der Waals surface area contributed by atoms with E-state index in [-0.39, 0.29) is 41.0 Å². The van der Waals surface area contributed by atoms with Crippen LogP contribution in [0.5, 0.6) is 5.75 Å². The van der Waals surface area contributed by atoms with Crippen LogP contribution in [-0.4, -0.2) is 60.2 Å². The van der Waals surface area contributed by atoms with Gasteiger partial charge in [0.1, 0.15) is 5.75 Å². The summed E-state index contributed by atoms with van der Waals surface area (Å²) in [6, 6.07) is 15.7. The van der Waals surface area contributed by atoms with Crippen LogP contribution in [0.25, 0.3) is 0 Å². The first-order valence-electron chi connectivity index (χ1n) is 14.0. The number of nitrogens with one attached hydrogen (secondary N) is 1. The van der Waals surface area contributed by atoms with E-state index in [0.717, 1.165) is 24.0 Å². The molecule has 1 N–H and O–H groups in total. The van der Waals surface area contributed by atoms with Crippen molar-refractivity contribution in [3.63, 3.8) is 0 Å². The van der Waals surface area contributed by atoms with Crippen molar-refractivity contribution in [2.24, 2.45) is 11.3 Å². The smallest absolute Gasteiger partial charge is 0.406 e. The summed E-state index contributed by atoms with van der Waals surface area (Å²) in [7, 11) is 0. The number of piperazine rings is 1. The molecule has 0 aliphatic carbocycles. The van der Waals surface area contributed by atoms with Gasteiger partial charge in [-0.25, -0.2) is 0 Å². The summed E-state index contributed by atoms with van der Waals surface area (Å²) in [5.74, 6) is -0.0118. The van der Waals surface area contributed by atoms with Gasteiger partial charge in [-0.3, -0.25) is 14.5 Å². The Morgan fingerprint density at radius 2 is 1.62 bits per heavy atom. The number of ether oxygens (including phenoxy) is 1. The first-order chi connectivity index (χ1) is 18.8. The lowest BCUT2D eigenvalue weighted by molar-refractivity contribution is -0.274. The maximum absolute atomic E-state index is 13.6. The van der Waals surface area contributed by atoms with Crippen molar-refractivity contribution < 1.29 is 27.5 Å². The fraction of sp³-hybridized carbons (Fsp3) is 0.548. The predicted octanol–water partition coefficient (Wildman–Crippen LogP) is 6.18. The Kier molecular flexibility index (Phi) is 10.6. The van der Waals surface area contributed by atoms with Gasteiger partial charge in [0, 0.05) is 45.6 Å². The molecule has 1 heterocycles. The molecule has 0 aromatic heterocycles. The highest BCUT2D eigenvalue weighted by molar-refractivity contribution is 5.77. The molecule has 3 unspecified atom stereocenters. The minimum Gasteiger partial charge on any atom is -0.406 e. The molecular weight excluding hydrogens is 519 g/mol. The average molecular weight is 562 g/mol. The third kappa shape index (κ3) is 8.98. The molecule has 1 saturated heterocycles. The molecule has 2 amide bonds. The Hall–Kier alpha value is -3.07. The molecule has 0 radical (unpaired) electrons. The summed E-state index contributed by atoms with van der Waals surface area (Å²) in [6.07, 6.45) is -2.70. The number of amides is 2. The van der Waals surface area contributed by atoms with E-state index in [1.54, 1.807) is 12.1 Å². The lowest BCUT2D eigenvalue weighted by atomic mass is 9.82. The van der Waals surface area contributed by atoms with Crippen LogP contribution in [0.1, 0.15) is 71.0 Å². The van der Waals surface area contributed by atoms with Crippen molar-refractivity contribution in [3.05, 3.63) is 65.7 Å². The number of carbonyl (C=O) groups excluding carboxylic acids is 2. The van der Waals surface area contributed by atoms with E-state index >= 15 is 0 Å². The molecule has 6 nitrogen and oxygen atoms in total. The topological polar surface area (TPSA) is 61.9 Å². The van der Waals surface area contributed by atoms with Crippen LogP contribution in [-0.2, 0) is 9.59 Å². The zero-order valence-electron chi connectivity index (χ0n) is 24.1. The molecule has 3 rings (SSSR count). The van der Waals surface area contributed by atoms with E-state index < -0.39 is 6.36 Å². The van der Waals surface area contributed by atoms with Gasteiger partial charge in [0.15, 0.2) is 0 Å². The van der Waals surface area contributed by atoms with Crippen LogP contribution in [0.15, 0.2) is 54.6 Å². The first-order valence-corrected chi connectivity index (χ1v) is 14.0. The molecule has 0 spiro atoms. The van der Waals surface area contributed by atoms with Crippen LogP contribution in [0.3, 0.4) is 0 Å². The number of nitrogens with zero attached hydrogens (tertiary/aromatic N) is 2. The molecule has 0 bridgehead atoms. The van der Waals surface area contributed by atoms with Crippen molar-refractivity contribution in [2.75, 3.05) is 26.2 Å². The highest BCUT2D eigenvalue weighted by atomic mass is 19.4. The van der Waals surface area contributed by atoms with E-state index in [4.69, 9.17) is 0 Å². The van der Waals surface area contributed by atoms with Crippen molar-refractivity contribution in [3.8, 4) is 5.75 Å². The zero-order valence-corrected chi connectivity index (χ0v) is 24.1. The van der Waals surface area contributed by atoms with Gasteiger partial charge in [-0.15, -0.1) is 13.2 Å². The third-order valence-corrected chi connectivity index (χ3v) is 7.61. The summed E-state index contributed by atoms with van der Waals surface area (Å²) in [5.41, 5.74) is 1.69. The summed E-state index contributed by atoms with van der Waals surface area (Å²) in [6.45, 7) is 12.3. The van der Waals surface area contributed by atoms with E-state index in [1.807, 2.05) is 35.2 Å². The highest BCUT2D eigenvalue weighted by Gasteiger charge is 2.40. The lowest BCUT2D eigenvalue weighted by Gasteiger charge is -2.49. The Morgan fingerprint density at radius 1 is 1.00 bits per heavy atom. The molecule has 3 atom stereocenters. The van der Waals surface area contributed by atoms with E-state index in [1.165, 1.54) is 19.1 Å². The van der Waals surface area contributed by atoms with E-state index in [2.05, 4.69) is 42.6 Å². The van der Waals surface area contributed by atoms with Gasteiger partial charge in [0.2, 0.25) is 11.8 Å². The van der Waals surface area contributed by atoms with Crippen LogP contribution in [0, 0.1) is 11.3 Å². The third-order valence-electron chi connectivity index (χ3n) is 7.61. The number of alkyl halides is 3. The predicted molar refractivity (Wildman–Crippen MR) is 150 cm³/mol. The van der Waals surface area contributed by atoms with E-state index in [0.29, 0.717) is 32.6 Å². The van der Waals surface area contributed by atoms with E-state index in [9.17, 15) is 22.8 Å². The zero-order chi connectivity index (χ0) is 29.5. The first kappa shape index (κ1) is 31.5. The molecule has 40 heavy (non-hydrogen) atoms. The standard InChI is InChI=1S/C31H42F3N3O3/c1-6-23(16-17-35-22(2)38)20-28(39)37-19-18-36(21-27(37)30(3,4)5)29(24-10-8-7-9-11-24)25-12-14-26(15-13-25)40-31(32,33)34/h7-15,23,27,29H,6,16-21H2,1-5H3,(H,35,38). The van der Waals surface area contributed by atoms with Gasteiger partial charge < -0.3 is 15.0 Å². The van der Waals surface area contributed by atoms with Gasteiger partial charge in [-0.2, -0.15) is 0 Å². The second-order valence-electron chi connectivity index (χ2n) is 11.6. The molecule has 1 aliphatic heterocycles. The Bertz CT molecular complexity index is 1100. The number of benzene rings is 2. The van der Waals surface area contributed by atoms with Crippen LogP contribution < -0.4 is 10.1 Å². The lowest BCUT2D eigenvalue weighted by Crippen LogP contribution is -2.60. The maximum Gasteiger partial charge on any atom is 0.573 e. The van der Waals surface area contributed by atoms with Gasteiger partial charge in [-0.1, -0.05) is 76.6 Å². The fourth-order valence-electron chi connectivity index (χ4n) is 5.45. The van der Waals surface area contributed by atoms with Crippen molar-refractivity contribution >= 4 is 11.8 Å². The summed E-state index contributed by atoms with van der Waals surface area (Å²) >= 11 is 0. The number of carbonyl (C=O) groups is 2. The molecule has 220 valence electrons. The quantitative estimate of drug-likeness (QED) is 0.377. The molecular formula is C31H42F3N3O3. The largest absolute Gasteiger partial charge is 0.573 e. The highest BCUT2D eigenvalue weighted by Crippen LogP contribution is 2.36. The molecule has 1 fully saturated rings. The van der Waals surface area contributed by atoms with Crippen molar-refractivity contribution in [2.45, 2.75) is 72.3 Å². The SMILES string of the molecule is CCC(CCNC(C)=O)CC(=O)N1CCN(C(c2ccccc2)c2ccc(OC(F)(F)F)cc2)CC1C(C)(C)C. The minimum absolute atomic E-state index is 0.0550. The molecule has 9 heteroatoms. The maximum atomic E-state index is 13.6. The van der Waals surface area contributed by atoms with Crippen molar-refractivity contribution in [1.82, 2.24) is 15.1 Å². The van der Waals surface area contributed by atoms with Crippen LogP contribution in [0.2, 0.25) is 0 Å². The van der Waals surface area contributed by atoms with Crippen LogP contribution >= 0.6 is 0 Å². The summed E-state index contributed by atoms with van der Waals surface area (Å²) in [4.78, 5) is 29.2. The Balaban J connectivity index is 1.83. The number of halogens is 3. The minimum atomic E-state index is -4.75. The summed E-state index contributed by atoms with van der Waals surface area (Å²) in [5, 5.41) is 2.83. The molecule has 2 aromatic carbocycles. The number of rotatable bonds is 10. The molecule has 1 aliphatic rings. The Labute approximate surface area is 235 Å². The van der Waals surface area contributed by atoms with Gasteiger partial charge in [0.05, 0.1) is 6.04 Å². The number of hydrogen-bond acceptors (Lipinski definition) is 4. The van der Waals surface area contributed by atoms with Gasteiger partial charge in [-0.05, 0) is 41.0 Å². The normalized spacial score (nSPS) is 18.2. The second-order valence-corrected chi connectivity index (χ2v) is 11.6. The molecule has 0 saturated carbocycles. The van der Waals surface area contributed by atoms with Crippen LogP contribution in [0.4, 0.5) is 13.2 Å². The second kappa shape index (κ2) is 13.5. The number of hydrogen-bond donors (Lipinski definition) is 1. The Morgan fingerprint density at radius 3 is 2.17 bits per heavy atom. The van der Waals surface area contributed by atoms with Gasteiger partial charge >= 0.3 is 6.36 Å². The average Bonchev–Trinajstić information content (AvgIpc) is 2.88. The monoisotopic (exact) mass is 561 g/mol. The van der Waals surface area contributed by atoms with Gasteiger partial charge in [0.25, 0.3) is 0 Å².